The molecule has 0 aliphatic heterocycles. The second-order valence-electron chi connectivity index (χ2n) is 9.22. The molecule has 0 N–H and O–H groups in total. The Labute approximate surface area is 220 Å². The molecule has 206 valence electrons. The second-order valence-corrected chi connectivity index (χ2v) is 9.22. The quantitative estimate of drug-likeness (QED) is 0.148. The average Bonchev–Trinajstić information content (AvgIpc) is 2.84. The van der Waals surface area contributed by atoms with Crippen molar-refractivity contribution in [1.29, 1.82) is 0 Å². The van der Waals surface area contributed by atoms with Crippen molar-refractivity contribution in [2.45, 2.75) is 45.2 Å². The summed E-state index contributed by atoms with van der Waals surface area (Å²) in [6.07, 6.45) is -2.66. The van der Waals surface area contributed by atoms with E-state index in [9.17, 15) is 30.7 Å². The van der Waals surface area contributed by atoms with Crippen LogP contribution in [0.3, 0.4) is 0 Å². The van der Waals surface area contributed by atoms with Gasteiger partial charge in [0, 0.05) is 17.5 Å². The van der Waals surface area contributed by atoms with Crippen LogP contribution in [0.5, 0.6) is 5.75 Å². The van der Waals surface area contributed by atoms with Crippen LogP contribution in [-0.4, -0.2) is 6.61 Å². The number of ether oxygens (including phenoxy) is 1. The van der Waals surface area contributed by atoms with Gasteiger partial charge in [-0.3, -0.25) is 0 Å². The Bertz CT molecular complexity index is 1450. The minimum Gasteiger partial charge on any atom is -0.493 e. The summed E-state index contributed by atoms with van der Waals surface area (Å²) >= 11 is 0. The van der Waals surface area contributed by atoms with Crippen molar-refractivity contribution >= 4 is 10.8 Å². The van der Waals surface area contributed by atoms with Crippen LogP contribution < -0.4 is 4.74 Å². The van der Waals surface area contributed by atoms with E-state index in [1.165, 1.54) is 30.3 Å². The van der Waals surface area contributed by atoms with Gasteiger partial charge >= 0.3 is 6.18 Å². The molecule has 0 aromatic heterocycles. The van der Waals surface area contributed by atoms with Crippen LogP contribution in [0.1, 0.15) is 42.9 Å². The lowest BCUT2D eigenvalue weighted by Gasteiger charge is -2.13. The monoisotopic (exact) mass is 552 g/mol. The van der Waals surface area contributed by atoms with E-state index in [1.807, 2.05) is 6.92 Å². The van der Waals surface area contributed by atoms with E-state index < -0.39 is 40.8 Å². The molecule has 0 saturated carbocycles. The first kappa shape index (κ1) is 28.4. The summed E-state index contributed by atoms with van der Waals surface area (Å²) in [6, 6.07) is 10.5. The maximum atomic E-state index is 15.2. The van der Waals surface area contributed by atoms with E-state index in [0.29, 0.717) is 24.1 Å². The first-order chi connectivity index (χ1) is 18.5. The molecule has 0 fully saturated rings. The molecule has 4 aromatic carbocycles. The lowest BCUT2D eigenvalue weighted by molar-refractivity contribution is -0.142. The van der Waals surface area contributed by atoms with Gasteiger partial charge in [0.15, 0.2) is 0 Å². The summed E-state index contributed by atoms with van der Waals surface area (Å²) in [6.45, 7) is 2.37. The van der Waals surface area contributed by atoms with Gasteiger partial charge in [0.2, 0.25) is 0 Å². The predicted octanol–water partition coefficient (Wildman–Crippen LogP) is 9.58. The van der Waals surface area contributed by atoms with Gasteiger partial charge in [-0.05, 0) is 59.5 Å². The van der Waals surface area contributed by atoms with Crippen LogP contribution in [0.15, 0.2) is 54.6 Å². The number of benzene rings is 4. The Kier molecular flexibility index (Phi) is 8.47. The summed E-state index contributed by atoms with van der Waals surface area (Å²) < 4.78 is 116. The van der Waals surface area contributed by atoms with E-state index in [1.54, 1.807) is 0 Å². The van der Waals surface area contributed by atoms with Crippen LogP contribution in [-0.2, 0) is 19.0 Å². The number of alkyl halides is 3. The molecule has 0 atom stereocenters. The van der Waals surface area contributed by atoms with Gasteiger partial charge in [-0.25, -0.2) is 22.0 Å². The van der Waals surface area contributed by atoms with Gasteiger partial charge < -0.3 is 4.74 Å². The Morgan fingerprint density at radius 1 is 0.718 bits per heavy atom. The fourth-order valence-electron chi connectivity index (χ4n) is 4.46. The van der Waals surface area contributed by atoms with E-state index >= 15 is 4.39 Å². The predicted molar refractivity (Wildman–Crippen MR) is 133 cm³/mol. The maximum absolute atomic E-state index is 15.2. The first-order valence-corrected chi connectivity index (χ1v) is 12.4. The summed E-state index contributed by atoms with van der Waals surface area (Å²) in [5.74, 6) is -5.70. The highest BCUT2D eigenvalue weighted by molar-refractivity contribution is 5.88. The minimum absolute atomic E-state index is 0.0449. The molecule has 39 heavy (non-hydrogen) atoms. The highest BCUT2D eigenvalue weighted by Gasteiger charge is 2.37. The zero-order valence-electron chi connectivity index (χ0n) is 20.9. The van der Waals surface area contributed by atoms with Crippen molar-refractivity contribution in [2.75, 3.05) is 6.61 Å². The van der Waals surface area contributed by atoms with E-state index in [4.69, 9.17) is 4.74 Å². The Morgan fingerprint density at radius 2 is 1.38 bits per heavy atom. The Hall–Kier alpha value is -3.62. The van der Waals surface area contributed by atoms with Gasteiger partial charge in [-0.2, -0.15) is 13.2 Å². The molecule has 0 spiro atoms. The van der Waals surface area contributed by atoms with Crippen LogP contribution in [0.25, 0.3) is 21.9 Å². The molecule has 9 heteroatoms. The van der Waals surface area contributed by atoms with Gasteiger partial charge in [-0.15, -0.1) is 0 Å². The van der Waals surface area contributed by atoms with Crippen LogP contribution in [0.2, 0.25) is 0 Å². The third-order valence-corrected chi connectivity index (χ3v) is 6.42. The van der Waals surface area contributed by atoms with Gasteiger partial charge in [0.25, 0.3) is 0 Å². The minimum atomic E-state index is -5.17. The molecule has 4 rings (SSSR count). The summed E-state index contributed by atoms with van der Waals surface area (Å²) in [5, 5.41) is 0.511. The van der Waals surface area contributed by atoms with Crippen molar-refractivity contribution in [3.8, 4) is 16.9 Å². The molecule has 0 heterocycles. The zero-order chi connectivity index (χ0) is 28.3. The highest BCUT2D eigenvalue weighted by Crippen LogP contribution is 2.35. The molecule has 1 nitrogen and oxygen atoms in total. The molecular formula is C30H24F8O. The number of hydrogen-bond donors (Lipinski definition) is 0. The first-order valence-electron chi connectivity index (χ1n) is 12.4. The van der Waals surface area contributed by atoms with Crippen molar-refractivity contribution in [3.05, 3.63) is 100 Å². The third kappa shape index (κ3) is 6.34. The number of rotatable bonds is 9. The molecule has 4 aromatic rings. The number of fused-ring (bicyclic) bond motifs is 1. The Balaban J connectivity index is 1.55. The van der Waals surface area contributed by atoms with Gasteiger partial charge in [-0.1, -0.05) is 44.0 Å². The van der Waals surface area contributed by atoms with Crippen molar-refractivity contribution in [2.24, 2.45) is 0 Å². The van der Waals surface area contributed by atoms with Crippen LogP contribution in [0.4, 0.5) is 35.1 Å². The highest BCUT2D eigenvalue weighted by atomic mass is 19.4. The summed E-state index contributed by atoms with van der Waals surface area (Å²) in [5.41, 5.74) is -1.96. The molecule has 0 aliphatic rings. The number of aryl methyl sites for hydroxylation is 2. The fraction of sp³-hybridized carbons (Fsp3) is 0.267. The summed E-state index contributed by atoms with van der Waals surface area (Å²) in [4.78, 5) is 0. The van der Waals surface area contributed by atoms with Crippen molar-refractivity contribution in [3.63, 3.8) is 0 Å². The molecule has 0 amide bonds. The number of unbranched alkanes of at least 4 members (excludes halogenated alkanes) is 2. The van der Waals surface area contributed by atoms with Crippen molar-refractivity contribution in [1.82, 2.24) is 0 Å². The average molecular weight is 553 g/mol. The Morgan fingerprint density at radius 3 is 2.00 bits per heavy atom. The smallest absolute Gasteiger partial charge is 0.422 e. The standard InChI is InChI=1S/C30H24F8O/c1-2-3-4-11-39-21-15-23(31)27(24(32)16-21)20-9-10-22-19(14-20)8-7-18(29(22)35)6-5-17-12-25(33)28(26(34)13-17)30(36,37)38/h7-10,12-16H,2-6,11H2,1H3. The third-order valence-electron chi connectivity index (χ3n) is 6.42. The molecule has 0 unspecified atom stereocenters. The largest absolute Gasteiger partial charge is 0.493 e. The zero-order valence-corrected chi connectivity index (χ0v) is 20.9. The number of hydrogen-bond acceptors (Lipinski definition) is 1. The molecule has 0 aliphatic carbocycles. The van der Waals surface area contributed by atoms with Gasteiger partial charge in [0.1, 0.15) is 40.4 Å². The van der Waals surface area contributed by atoms with Gasteiger partial charge in [0.05, 0.1) is 12.2 Å². The van der Waals surface area contributed by atoms with Crippen LogP contribution >= 0.6 is 0 Å². The molecule has 0 saturated heterocycles. The molecular weight excluding hydrogens is 528 g/mol. The lowest BCUT2D eigenvalue weighted by Crippen LogP contribution is -2.12. The van der Waals surface area contributed by atoms with E-state index in [2.05, 4.69) is 0 Å². The second kappa shape index (κ2) is 11.6. The fourth-order valence-corrected chi connectivity index (χ4v) is 4.46. The topological polar surface area (TPSA) is 9.23 Å². The molecule has 0 bridgehead atoms. The lowest BCUT2D eigenvalue weighted by atomic mass is 9.96. The number of halogens is 8. The van der Waals surface area contributed by atoms with Crippen LogP contribution in [0, 0.1) is 29.1 Å². The maximum Gasteiger partial charge on any atom is 0.422 e. The van der Waals surface area contributed by atoms with E-state index in [-0.39, 0.29) is 46.2 Å². The normalized spacial score (nSPS) is 11.8. The molecule has 0 radical (unpaired) electrons. The summed E-state index contributed by atoms with van der Waals surface area (Å²) in [7, 11) is 0. The SMILES string of the molecule is CCCCCOc1cc(F)c(-c2ccc3c(F)c(CCc4cc(F)c(C(F)(F)F)c(F)c4)ccc3c2)c(F)c1. The van der Waals surface area contributed by atoms with Crippen molar-refractivity contribution < 1.29 is 39.9 Å². The van der Waals surface area contributed by atoms with E-state index in [0.717, 1.165) is 31.4 Å².